The van der Waals surface area contributed by atoms with Gasteiger partial charge in [-0.3, -0.25) is 0 Å². The Labute approximate surface area is 88.5 Å². The highest BCUT2D eigenvalue weighted by Crippen LogP contribution is 2.27. The molecule has 0 aromatic heterocycles. The third-order valence-corrected chi connectivity index (χ3v) is 4.77. The van der Waals surface area contributed by atoms with Crippen LogP contribution >= 0.6 is 15.9 Å². The molecule has 78 valence electrons. The largest absolute Gasteiger partial charge is 0.214 e. The summed E-state index contributed by atoms with van der Waals surface area (Å²) in [5, 5.41) is -0.103. The van der Waals surface area contributed by atoms with Gasteiger partial charge in [-0.2, -0.15) is 0 Å². The molecule has 3 nitrogen and oxygen atoms in total. The van der Waals surface area contributed by atoms with Crippen molar-refractivity contribution < 1.29 is 8.42 Å². The van der Waals surface area contributed by atoms with Crippen LogP contribution in [0.2, 0.25) is 0 Å². The maximum Gasteiger partial charge on any atom is 0.214 e. The second-order valence-electron chi connectivity index (χ2n) is 3.48. The molecule has 1 aliphatic carbocycles. The molecular weight excluding hydrogens is 254 g/mol. The minimum Gasteiger partial charge on any atom is -0.214 e. The molecule has 0 bridgehead atoms. The third kappa shape index (κ3) is 3.95. The standard InChI is InChI=1S/C8H16BrNO2S/c1-2-3-7(9)6-10-13(11,12)8-4-5-8/h7-8,10H,2-6H2,1H3. The van der Waals surface area contributed by atoms with E-state index in [0.717, 1.165) is 25.7 Å². The molecule has 1 atom stereocenters. The smallest absolute Gasteiger partial charge is 0.214 e. The fourth-order valence-corrected chi connectivity index (χ4v) is 3.38. The van der Waals surface area contributed by atoms with E-state index >= 15 is 0 Å². The first-order valence-electron chi connectivity index (χ1n) is 4.69. The molecule has 1 aliphatic rings. The molecule has 1 unspecified atom stereocenters. The molecular formula is C8H16BrNO2S. The molecule has 1 N–H and O–H groups in total. The van der Waals surface area contributed by atoms with Crippen molar-refractivity contribution in [1.29, 1.82) is 0 Å². The summed E-state index contributed by atoms with van der Waals surface area (Å²) < 4.78 is 25.4. The zero-order valence-corrected chi connectivity index (χ0v) is 10.2. The van der Waals surface area contributed by atoms with Crippen LogP contribution in [0.1, 0.15) is 32.6 Å². The summed E-state index contributed by atoms with van der Waals surface area (Å²) in [4.78, 5) is 0.269. The summed E-state index contributed by atoms with van der Waals surface area (Å²) in [7, 11) is -2.98. The highest BCUT2D eigenvalue weighted by atomic mass is 79.9. The monoisotopic (exact) mass is 269 g/mol. The molecule has 0 aromatic rings. The van der Waals surface area contributed by atoms with Crippen LogP contribution in [0.5, 0.6) is 0 Å². The summed E-state index contributed by atoms with van der Waals surface area (Å²) in [6.45, 7) is 2.61. The molecule has 0 spiro atoms. The highest BCUT2D eigenvalue weighted by molar-refractivity contribution is 9.09. The molecule has 1 rings (SSSR count). The third-order valence-electron chi connectivity index (χ3n) is 2.07. The quantitative estimate of drug-likeness (QED) is 0.746. The number of hydrogen-bond acceptors (Lipinski definition) is 2. The van der Waals surface area contributed by atoms with Crippen LogP contribution in [0.15, 0.2) is 0 Å². The Morgan fingerprint density at radius 1 is 1.54 bits per heavy atom. The maximum absolute atomic E-state index is 11.4. The molecule has 0 aliphatic heterocycles. The van der Waals surface area contributed by atoms with Crippen molar-refractivity contribution in [1.82, 2.24) is 4.72 Å². The van der Waals surface area contributed by atoms with Gasteiger partial charge in [0.05, 0.1) is 5.25 Å². The van der Waals surface area contributed by atoms with E-state index in [1.165, 1.54) is 0 Å². The molecule has 0 heterocycles. The Morgan fingerprint density at radius 2 is 2.15 bits per heavy atom. The average Bonchev–Trinajstić information content (AvgIpc) is 2.84. The number of halogens is 1. The van der Waals surface area contributed by atoms with Gasteiger partial charge in [0, 0.05) is 11.4 Å². The fraction of sp³-hybridized carbons (Fsp3) is 1.00. The molecule has 0 amide bonds. The predicted molar refractivity (Wildman–Crippen MR) is 57.6 cm³/mol. The first kappa shape index (κ1) is 11.5. The van der Waals surface area contributed by atoms with Crippen molar-refractivity contribution >= 4 is 26.0 Å². The predicted octanol–water partition coefficient (Wildman–Crippen LogP) is 1.63. The summed E-state index contributed by atoms with van der Waals surface area (Å²) in [6.07, 6.45) is 3.74. The lowest BCUT2D eigenvalue weighted by molar-refractivity contribution is 0.577. The lowest BCUT2D eigenvalue weighted by Gasteiger charge is -2.09. The van der Waals surface area contributed by atoms with Crippen LogP contribution in [-0.2, 0) is 10.0 Å². The SMILES string of the molecule is CCCC(Br)CNS(=O)(=O)C1CC1. The second-order valence-corrected chi connectivity index (χ2v) is 6.82. The van der Waals surface area contributed by atoms with E-state index in [-0.39, 0.29) is 10.1 Å². The summed E-state index contributed by atoms with van der Waals surface area (Å²) in [5.74, 6) is 0. The van der Waals surface area contributed by atoms with E-state index in [0.29, 0.717) is 6.54 Å². The van der Waals surface area contributed by atoms with Gasteiger partial charge in [0.15, 0.2) is 0 Å². The normalized spacial score (nSPS) is 20.2. The number of alkyl halides is 1. The minimum absolute atomic E-state index is 0.103. The van der Waals surface area contributed by atoms with Gasteiger partial charge in [0.25, 0.3) is 0 Å². The van der Waals surface area contributed by atoms with Crippen LogP contribution in [-0.4, -0.2) is 25.0 Å². The van der Waals surface area contributed by atoms with Gasteiger partial charge >= 0.3 is 0 Å². The Bertz CT molecular complexity index is 249. The molecule has 1 saturated carbocycles. The van der Waals surface area contributed by atoms with Crippen LogP contribution in [0.3, 0.4) is 0 Å². The lowest BCUT2D eigenvalue weighted by Crippen LogP contribution is -2.32. The Balaban J connectivity index is 2.24. The average molecular weight is 270 g/mol. The van der Waals surface area contributed by atoms with Crippen LogP contribution in [0, 0.1) is 0 Å². The van der Waals surface area contributed by atoms with Gasteiger partial charge in [-0.05, 0) is 19.3 Å². The number of rotatable bonds is 6. The summed E-state index contributed by atoms with van der Waals surface area (Å²) in [6, 6.07) is 0. The summed E-state index contributed by atoms with van der Waals surface area (Å²) in [5.41, 5.74) is 0. The van der Waals surface area contributed by atoms with Crippen molar-refractivity contribution in [2.75, 3.05) is 6.54 Å². The Morgan fingerprint density at radius 3 is 2.62 bits per heavy atom. The van der Waals surface area contributed by atoms with Gasteiger partial charge in [-0.25, -0.2) is 13.1 Å². The van der Waals surface area contributed by atoms with Crippen LogP contribution < -0.4 is 4.72 Å². The molecule has 1 fully saturated rings. The van der Waals surface area contributed by atoms with Crippen LogP contribution in [0.25, 0.3) is 0 Å². The van der Waals surface area contributed by atoms with Gasteiger partial charge in [-0.15, -0.1) is 0 Å². The van der Waals surface area contributed by atoms with Gasteiger partial charge in [0.1, 0.15) is 0 Å². The Hall–Kier alpha value is 0.390. The first-order chi connectivity index (χ1) is 6.06. The van der Waals surface area contributed by atoms with E-state index in [1.54, 1.807) is 0 Å². The van der Waals surface area contributed by atoms with Crippen molar-refractivity contribution in [2.45, 2.75) is 42.7 Å². The van der Waals surface area contributed by atoms with Crippen molar-refractivity contribution in [2.24, 2.45) is 0 Å². The van der Waals surface area contributed by atoms with Gasteiger partial charge in [0.2, 0.25) is 10.0 Å². The van der Waals surface area contributed by atoms with E-state index in [2.05, 4.69) is 27.6 Å². The zero-order valence-electron chi connectivity index (χ0n) is 7.79. The van der Waals surface area contributed by atoms with Gasteiger partial charge < -0.3 is 0 Å². The van der Waals surface area contributed by atoms with Crippen molar-refractivity contribution in [3.05, 3.63) is 0 Å². The second kappa shape index (κ2) is 4.75. The number of nitrogens with one attached hydrogen (secondary N) is 1. The Kier molecular flexibility index (Phi) is 4.19. The first-order valence-corrected chi connectivity index (χ1v) is 7.15. The van der Waals surface area contributed by atoms with Crippen molar-refractivity contribution in [3.63, 3.8) is 0 Å². The zero-order chi connectivity index (χ0) is 9.90. The molecule has 0 radical (unpaired) electrons. The fourth-order valence-electron chi connectivity index (χ4n) is 1.12. The topological polar surface area (TPSA) is 46.2 Å². The summed E-state index contributed by atoms with van der Waals surface area (Å²) >= 11 is 3.43. The molecule has 0 aromatic carbocycles. The van der Waals surface area contributed by atoms with E-state index in [9.17, 15) is 8.42 Å². The highest BCUT2D eigenvalue weighted by Gasteiger charge is 2.35. The van der Waals surface area contributed by atoms with E-state index in [1.807, 2.05) is 0 Å². The van der Waals surface area contributed by atoms with Crippen LogP contribution in [0.4, 0.5) is 0 Å². The lowest BCUT2D eigenvalue weighted by atomic mass is 10.2. The molecule has 13 heavy (non-hydrogen) atoms. The number of sulfonamides is 1. The van der Waals surface area contributed by atoms with E-state index in [4.69, 9.17) is 0 Å². The molecule has 0 saturated heterocycles. The van der Waals surface area contributed by atoms with Crippen molar-refractivity contribution in [3.8, 4) is 0 Å². The number of hydrogen-bond donors (Lipinski definition) is 1. The molecule has 5 heteroatoms. The van der Waals surface area contributed by atoms with E-state index < -0.39 is 10.0 Å². The minimum atomic E-state index is -2.98. The van der Waals surface area contributed by atoms with Gasteiger partial charge in [-0.1, -0.05) is 29.3 Å². The maximum atomic E-state index is 11.4.